The molecule has 328 valence electrons. The van der Waals surface area contributed by atoms with E-state index < -0.39 is 120 Å². The highest BCUT2D eigenvalue weighted by Gasteiger charge is 2.50. The Labute approximate surface area is 344 Å². The van der Waals surface area contributed by atoms with E-state index in [0.29, 0.717) is 11.1 Å². The van der Waals surface area contributed by atoms with Crippen molar-refractivity contribution in [3.8, 4) is 0 Å². The maximum atomic E-state index is 15.8. The van der Waals surface area contributed by atoms with Crippen LogP contribution >= 0.6 is 0 Å². The molecule has 4 aromatic rings. The van der Waals surface area contributed by atoms with Gasteiger partial charge in [-0.05, 0) is 99.9 Å². The summed E-state index contributed by atoms with van der Waals surface area (Å²) in [6.07, 6.45) is 9.10. The number of hydrogen-bond acceptors (Lipinski definition) is 0. The highest BCUT2D eigenvalue weighted by Crippen LogP contribution is 2.37. The van der Waals surface area contributed by atoms with E-state index in [4.69, 9.17) is 0 Å². The van der Waals surface area contributed by atoms with Crippen molar-refractivity contribution in [3.05, 3.63) is 116 Å². The van der Waals surface area contributed by atoms with Gasteiger partial charge in [-0.1, -0.05) is 40.5 Å². The Bertz CT molecular complexity index is 1970. The number of quaternary nitrogens is 1. The van der Waals surface area contributed by atoms with Gasteiger partial charge in [-0.25, -0.2) is 52.7 Å². The molecule has 2 fully saturated rings. The average molecular weight is 858 g/mol. The first-order valence-corrected chi connectivity index (χ1v) is 20.6. The molecule has 0 saturated heterocycles. The summed E-state index contributed by atoms with van der Waals surface area (Å²) in [5.41, 5.74) is -10.7. The summed E-state index contributed by atoms with van der Waals surface area (Å²) >= 11 is 0. The quantitative estimate of drug-likeness (QED) is 0.103. The lowest BCUT2D eigenvalue weighted by Crippen LogP contribution is -3.08. The van der Waals surface area contributed by atoms with Crippen LogP contribution in [-0.2, 0) is 0 Å². The molecule has 4 aromatic carbocycles. The number of nitrogens with two attached hydrogens (primary N) is 1. The average Bonchev–Trinajstić information content (AvgIpc) is 3.18. The Morgan fingerprint density at radius 1 is 0.383 bits per heavy atom. The molecule has 2 aliphatic rings. The van der Waals surface area contributed by atoms with Crippen molar-refractivity contribution in [2.45, 2.75) is 131 Å². The molecule has 14 heteroatoms. The van der Waals surface area contributed by atoms with Crippen molar-refractivity contribution in [3.63, 3.8) is 0 Å². The zero-order valence-corrected chi connectivity index (χ0v) is 35.2. The Kier molecular flexibility index (Phi) is 14.0. The Morgan fingerprint density at radius 2 is 0.600 bits per heavy atom. The third-order valence-electron chi connectivity index (χ3n) is 13.7. The van der Waals surface area contributed by atoms with Crippen LogP contribution in [0.15, 0.2) is 24.3 Å². The molecule has 0 unspecified atom stereocenters. The van der Waals surface area contributed by atoms with Crippen molar-refractivity contribution in [2.24, 2.45) is 11.8 Å². The molecule has 2 N–H and O–H groups in total. The molecule has 0 amide bonds. The third-order valence-corrected chi connectivity index (χ3v) is 13.7. The van der Waals surface area contributed by atoms with E-state index in [1.54, 1.807) is 0 Å². The first-order valence-electron chi connectivity index (χ1n) is 20.6. The predicted octanol–water partition coefficient (Wildman–Crippen LogP) is 10.2. The van der Waals surface area contributed by atoms with Crippen LogP contribution in [0.5, 0.6) is 0 Å². The molecule has 0 aromatic heterocycles. The fraction of sp³-hybridized carbons (Fsp3) is 0.478. The summed E-state index contributed by atoms with van der Waals surface area (Å²) in [6.45, 7) is 13.1. The maximum Gasteiger partial charge on any atom is 0.158 e. The lowest BCUT2D eigenvalue weighted by molar-refractivity contribution is -0.806. The van der Waals surface area contributed by atoms with Gasteiger partial charge in [0.25, 0.3) is 0 Å². The molecule has 2 aliphatic carbocycles. The Balaban J connectivity index is 0.000000299. The molecule has 0 heterocycles. The first kappa shape index (κ1) is 47.1. The van der Waals surface area contributed by atoms with Crippen LogP contribution in [0.2, 0.25) is 0 Å². The van der Waals surface area contributed by atoms with E-state index >= 15 is 35.1 Å². The van der Waals surface area contributed by atoms with Crippen molar-refractivity contribution < 1.29 is 58.0 Å². The second-order valence-electron chi connectivity index (χ2n) is 17.8. The minimum Gasteiger partial charge on any atom is -0.336 e. The summed E-state index contributed by atoms with van der Waals surface area (Å²) in [5, 5.41) is 2.91. The molecule has 2 saturated carbocycles. The predicted molar refractivity (Wildman–Crippen MR) is 212 cm³/mol. The minimum atomic E-state index is -5.51. The van der Waals surface area contributed by atoms with Gasteiger partial charge in [0.15, 0.2) is 23.3 Å². The van der Waals surface area contributed by atoms with E-state index in [-0.39, 0.29) is 24.3 Å². The molecule has 0 aliphatic heterocycles. The van der Waals surface area contributed by atoms with Gasteiger partial charge in [-0.3, -0.25) is 0 Å². The second kappa shape index (κ2) is 17.8. The van der Waals surface area contributed by atoms with E-state index in [1.165, 1.54) is 64.2 Å². The number of halogens is 12. The molecule has 0 radical (unpaired) electrons. The smallest absolute Gasteiger partial charge is 0.158 e. The summed E-state index contributed by atoms with van der Waals surface area (Å²) in [7, 11) is 0. The molecule has 0 atom stereocenters. The Hall–Kier alpha value is -3.94. The van der Waals surface area contributed by atoms with Gasteiger partial charge in [0.2, 0.25) is 0 Å². The maximum absolute atomic E-state index is 15.8. The van der Waals surface area contributed by atoms with Gasteiger partial charge in [-0.2, -0.15) is 0 Å². The van der Waals surface area contributed by atoms with E-state index in [0.717, 1.165) is 39.5 Å². The summed E-state index contributed by atoms with van der Waals surface area (Å²) in [5.74, 6) is -24.6. The lowest BCUT2D eigenvalue weighted by atomic mass is 9.12. The molecule has 6 rings (SSSR count). The number of benzene rings is 4. The van der Waals surface area contributed by atoms with Gasteiger partial charge >= 0.3 is 0 Å². The zero-order chi connectivity index (χ0) is 44.8. The Morgan fingerprint density at radius 3 is 0.800 bits per heavy atom. The lowest BCUT2D eigenvalue weighted by Gasteiger charge is -2.49. The molecule has 0 bridgehead atoms. The minimum absolute atomic E-state index is 0.158. The summed E-state index contributed by atoms with van der Waals surface area (Å²) < 4.78 is 186. The normalized spacial score (nSPS) is 16.6. The monoisotopic (exact) mass is 857 g/mol. The highest BCUT2D eigenvalue weighted by atomic mass is 19.2. The van der Waals surface area contributed by atoms with E-state index in [1.807, 2.05) is 0 Å². The number of rotatable bonds is 8. The van der Waals surface area contributed by atoms with Crippen molar-refractivity contribution in [1.29, 1.82) is 0 Å². The zero-order valence-electron chi connectivity index (χ0n) is 35.2. The van der Waals surface area contributed by atoms with Crippen LogP contribution in [-0.4, -0.2) is 17.2 Å². The van der Waals surface area contributed by atoms with Crippen LogP contribution in [0.1, 0.15) is 114 Å². The molecule has 1 nitrogen and oxygen atoms in total. The van der Waals surface area contributed by atoms with Crippen LogP contribution in [0.3, 0.4) is 0 Å². The molecule has 0 spiro atoms. The second-order valence-corrected chi connectivity index (χ2v) is 17.8. The van der Waals surface area contributed by atoms with Crippen molar-refractivity contribution in [2.75, 3.05) is 0 Å². The van der Waals surface area contributed by atoms with Crippen LogP contribution in [0, 0.1) is 109 Å². The van der Waals surface area contributed by atoms with Crippen LogP contribution in [0.4, 0.5) is 52.7 Å². The van der Waals surface area contributed by atoms with E-state index in [9.17, 15) is 17.6 Å². The van der Waals surface area contributed by atoms with Gasteiger partial charge in [0, 0.05) is 37.5 Å². The van der Waals surface area contributed by atoms with Gasteiger partial charge in [0.05, 0.1) is 34.3 Å². The largest absolute Gasteiger partial charge is 0.336 e. The fourth-order valence-corrected chi connectivity index (χ4v) is 10.1. The first-order chi connectivity index (χ1) is 28.0. The summed E-state index contributed by atoms with van der Waals surface area (Å²) in [6, 6.07) is 0.632. The van der Waals surface area contributed by atoms with Crippen molar-refractivity contribution in [1.82, 2.24) is 0 Å². The van der Waals surface area contributed by atoms with Gasteiger partial charge < -0.3 is 5.32 Å². The van der Waals surface area contributed by atoms with Gasteiger partial charge in [-0.15, -0.1) is 21.9 Å². The number of hydrogen-bond donors (Lipinski definition) is 1. The topological polar surface area (TPSA) is 16.6 Å². The van der Waals surface area contributed by atoms with Crippen LogP contribution in [0.25, 0.3) is 0 Å². The fourth-order valence-electron chi connectivity index (χ4n) is 10.1. The molecular weight excluding hydrogens is 805 g/mol. The SMILES string of the molecule is CC(C)C1([NH2+]C2(C(C)C)CCCCC2)CCCCC1.Cc1cc(F)c([B-](c2c(F)cc(C)c(F)c2F)(c2c(F)cc(C)c(F)c2F)c2c(F)cc(C)c(F)c2F)c(F)c1F. The molecular formula is C46H52BF12N. The highest BCUT2D eigenvalue weighted by molar-refractivity contribution is 7.20. The van der Waals surface area contributed by atoms with Crippen molar-refractivity contribution >= 4 is 28.0 Å². The van der Waals surface area contributed by atoms with E-state index in [2.05, 4.69) is 33.0 Å². The standard InChI is InChI=1S/C28H16BF12.C18H35N/c1-9-5-13(30)17(25(38)21(9)34)29(18-14(31)6-10(2)22(35)26(18)39,19-15(32)7-11(3)23(36)27(19)40)20-16(33)8-12(4)24(37)28(20)41;1-15(2)17(11-7-5-8-12-17)19-18(16(3)4)13-9-6-10-14-18/h5-8H,1-4H3;15-16,19H,5-14H2,1-4H3/q-1;/p+1. The third kappa shape index (κ3) is 7.99. The molecule has 60 heavy (non-hydrogen) atoms. The number of aryl methyl sites for hydroxylation is 4. The summed E-state index contributed by atoms with van der Waals surface area (Å²) in [4.78, 5) is 0. The van der Waals surface area contributed by atoms with Crippen LogP contribution < -0.4 is 27.2 Å². The van der Waals surface area contributed by atoms with Gasteiger partial charge in [0.1, 0.15) is 29.4 Å².